The Morgan fingerprint density at radius 1 is 1.21 bits per heavy atom. The lowest BCUT2D eigenvalue weighted by molar-refractivity contribution is -0.384. The van der Waals surface area contributed by atoms with Crippen LogP contribution in [0.15, 0.2) is 30.3 Å². The van der Waals surface area contributed by atoms with Crippen LogP contribution in [0, 0.1) is 10.1 Å². The van der Waals surface area contributed by atoms with Gasteiger partial charge in [0, 0.05) is 5.69 Å². The first-order valence-corrected chi connectivity index (χ1v) is 5.85. The molecule has 8 heteroatoms. The van der Waals surface area contributed by atoms with Crippen LogP contribution in [-0.2, 0) is 0 Å². The first kappa shape index (κ1) is 13.4. The number of pyridine rings is 1. The predicted octanol–water partition coefficient (Wildman–Crippen LogP) is 3.62. The molecule has 3 N–H and O–H groups in total. The van der Waals surface area contributed by atoms with E-state index in [1.54, 1.807) is 18.2 Å². The van der Waals surface area contributed by atoms with Crippen molar-refractivity contribution in [1.82, 2.24) is 4.98 Å². The maximum atomic E-state index is 10.7. The SMILES string of the molecule is Nc1cc([N+](=O)[O-])cc(Nc2ccc(Cl)c(Cl)c2)n1. The summed E-state index contributed by atoms with van der Waals surface area (Å²) >= 11 is 11.7. The van der Waals surface area contributed by atoms with Gasteiger partial charge in [-0.2, -0.15) is 0 Å². The molecule has 0 atom stereocenters. The molecule has 1 aromatic heterocycles. The molecule has 0 aliphatic rings. The minimum absolute atomic E-state index is 0.0526. The number of anilines is 3. The first-order valence-electron chi connectivity index (χ1n) is 5.10. The van der Waals surface area contributed by atoms with E-state index in [4.69, 9.17) is 28.9 Å². The Bertz CT molecular complexity index is 649. The monoisotopic (exact) mass is 298 g/mol. The maximum Gasteiger partial charge on any atom is 0.276 e. The zero-order valence-electron chi connectivity index (χ0n) is 9.43. The minimum atomic E-state index is -0.544. The highest BCUT2D eigenvalue weighted by Crippen LogP contribution is 2.27. The number of nitrogens with two attached hydrogens (primary N) is 1. The summed E-state index contributed by atoms with van der Waals surface area (Å²) in [5.41, 5.74) is 5.96. The Labute approximate surface area is 118 Å². The second-order valence-corrected chi connectivity index (χ2v) is 4.46. The summed E-state index contributed by atoms with van der Waals surface area (Å²) in [5, 5.41) is 14.4. The van der Waals surface area contributed by atoms with E-state index in [1.165, 1.54) is 12.1 Å². The van der Waals surface area contributed by atoms with Gasteiger partial charge in [0.1, 0.15) is 11.6 Å². The first-order chi connectivity index (χ1) is 8.95. The Morgan fingerprint density at radius 3 is 2.58 bits per heavy atom. The molecule has 1 heterocycles. The highest BCUT2D eigenvalue weighted by Gasteiger charge is 2.10. The molecule has 0 saturated carbocycles. The number of halogens is 2. The van der Waals surface area contributed by atoms with Crippen molar-refractivity contribution in [2.75, 3.05) is 11.1 Å². The molecule has 98 valence electrons. The lowest BCUT2D eigenvalue weighted by Crippen LogP contribution is -1.99. The summed E-state index contributed by atoms with van der Waals surface area (Å²) in [7, 11) is 0. The maximum absolute atomic E-state index is 10.7. The van der Waals surface area contributed by atoms with E-state index in [1.807, 2.05) is 0 Å². The zero-order chi connectivity index (χ0) is 14.0. The van der Waals surface area contributed by atoms with E-state index in [9.17, 15) is 10.1 Å². The summed E-state index contributed by atoms with van der Waals surface area (Å²) in [6.07, 6.45) is 0. The molecule has 6 nitrogen and oxygen atoms in total. The van der Waals surface area contributed by atoms with Gasteiger partial charge in [0.05, 0.1) is 27.1 Å². The molecule has 0 saturated heterocycles. The zero-order valence-corrected chi connectivity index (χ0v) is 10.9. The standard InChI is InChI=1S/C11H8Cl2N4O2/c12-8-2-1-6(3-9(8)13)15-11-5-7(17(18)19)4-10(14)16-11/h1-5H,(H3,14,15,16). The quantitative estimate of drug-likeness (QED) is 0.666. The van der Waals surface area contributed by atoms with Gasteiger partial charge in [-0.25, -0.2) is 4.98 Å². The molecule has 0 radical (unpaired) electrons. The number of nitrogens with one attached hydrogen (secondary N) is 1. The number of hydrogen-bond donors (Lipinski definition) is 2. The Kier molecular flexibility index (Phi) is 3.73. The van der Waals surface area contributed by atoms with Crippen LogP contribution in [0.3, 0.4) is 0 Å². The van der Waals surface area contributed by atoms with E-state index in [0.29, 0.717) is 15.7 Å². The van der Waals surface area contributed by atoms with Gasteiger partial charge < -0.3 is 11.1 Å². The highest BCUT2D eigenvalue weighted by atomic mass is 35.5. The molecule has 0 aliphatic heterocycles. The topological polar surface area (TPSA) is 94.1 Å². The third-order valence-corrected chi connectivity index (χ3v) is 2.97. The van der Waals surface area contributed by atoms with Crippen LogP contribution >= 0.6 is 23.2 Å². The van der Waals surface area contributed by atoms with E-state index in [-0.39, 0.29) is 17.3 Å². The Balaban J connectivity index is 2.32. The van der Waals surface area contributed by atoms with Crippen LogP contribution in [-0.4, -0.2) is 9.91 Å². The lowest BCUT2D eigenvalue weighted by Gasteiger charge is -2.07. The Hall–Kier alpha value is -2.05. The fraction of sp³-hybridized carbons (Fsp3) is 0. The fourth-order valence-electron chi connectivity index (χ4n) is 1.43. The number of nitrogen functional groups attached to an aromatic ring is 1. The molecule has 0 bridgehead atoms. The normalized spacial score (nSPS) is 10.2. The van der Waals surface area contributed by atoms with E-state index in [2.05, 4.69) is 10.3 Å². The summed E-state index contributed by atoms with van der Waals surface area (Å²) in [6.45, 7) is 0. The van der Waals surface area contributed by atoms with E-state index in [0.717, 1.165) is 0 Å². The van der Waals surface area contributed by atoms with Crippen molar-refractivity contribution in [2.45, 2.75) is 0 Å². The number of nitrogens with zero attached hydrogens (tertiary/aromatic N) is 2. The summed E-state index contributed by atoms with van der Waals surface area (Å²) in [5.74, 6) is 0.307. The van der Waals surface area contributed by atoms with Crippen LogP contribution in [0.5, 0.6) is 0 Å². The molecule has 2 aromatic rings. The van der Waals surface area contributed by atoms with Crippen molar-refractivity contribution in [1.29, 1.82) is 0 Å². The third-order valence-electron chi connectivity index (χ3n) is 2.23. The summed E-state index contributed by atoms with van der Waals surface area (Å²) in [6, 6.07) is 7.32. The molecule has 0 unspecified atom stereocenters. The van der Waals surface area contributed by atoms with Gasteiger partial charge in [-0.05, 0) is 18.2 Å². The molecule has 0 fully saturated rings. The molecule has 0 amide bonds. The van der Waals surface area contributed by atoms with Gasteiger partial charge in [0.25, 0.3) is 5.69 Å². The highest BCUT2D eigenvalue weighted by molar-refractivity contribution is 6.42. The number of rotatable bonds is 3. The van der Waals surface area contributed by atoms with Crippen LogP contribution < -0.4 is 11.1 Å². The lowest BCUT2D eigenvalue weighted by atomic mass is 10.3. The summed E-state index contributed by atoms with van der Waals surface area (Å²) < 4.78 is 0. The van der Waals surface area contributed by atoms with Crippen molar-refractivity contribution in [3.63, 3.8) is 0 Å². The molecular weight excluding hydrogens is 291 g/mol. The van der Waals surface area contributed by atoms with Gasteiger partial charge >= 0.3 is 0 Å². The Morgan fingerprint density at radius 2 is 1.95 bits per heavy atom. The number of nitro groups is 1. The molecule has 0 spiro atoms. The van der Waals surface area contributed by atoms with Crippen LogP contribution in [0.1, 0.15) is 0 Å². The van der Waals surface area contributed by atoms with Crippen molar-refractivity contribution < 1.29 is 4.92 Å². The van der Waals surface area contributed by atoms with E-state index >= 15 is 0 Å². The van der Waals surface area contributed by atoms with Gasteiger partial charge in [-0.15, -0.1) is 0 Å². The van der Waals surface area contributed by atoms with Crippen molar-refractivity contribution in [2.24, 2.45) is 0 Å². The second-order valence-electron chi connectivity index (χ2n) is 3.65. The minimum Gasteiger partial charge on any atom is -0.383 e. The summed E-state index contributed by atoms with van der Waals surface area (Å²) in [4.78, 5) is 14.1. The van der Waals surface area contributed by atoms with Crippen molar-refractivity contribution >= 4 is 46.2 Å². The number of aromatic nitrogens is 1. The molecular formula is C11H8Cl2N4O2. The van der Waals surface area contributed by atoms with E-state index < -0.39 is 4.92 Å². The average Bonchev–Trinajstić information content (AvgIpc) is 2.33. The average molecular weight is 299 g/mol. The van der Waals surface area contributed by atoms with Gasteiger partial charge in [0.15, 0.2) is 0 Å². The number of hydrogen-bond acceptors (Lipinski definition) is 5. The van der Waals surface area contributed by atoms with Crippen LogP contribution in [0.2, 0.25) is 10.0 Å². The smallest absolute Gasteiger partial charge is 0.276 e. The second kappa shape index (κ2) is 5.29. The molecule has 2 rings (SSSR count). The molecule has 0 aliphatic carbocycles. The third kappa shape index (κ3) is 3.24. The van der Waals surface area contributed by atoms with Gasteiger partial charge in [0.2, 0.25) is 0 Å². The molecule has 1 aromatic carbocycles. The molecule has 19 heavy (non-hydrogen) atoms. The van der Waals surface area contributed by atoms with Crippen LogP contribution in [0.25, 0.3) is 0 Å². The van der Waals surface area contributed by atoms with Crippen molar-refractivity contribution in [3.05, 3.63) is 50.5 Å². The largest absolute Gasteiger partial charge is 0.383 e. The fourth-order valence-corrected chi connectivity index (χ4v) is 1.73. The van der Waals surface area contributed by atoms with Crippen LogP contribution in [0.4, 0.5) is 23.0 Å². The number of benzene rings is 1. The van der Waals surface area contributed by atoms with Gasteiger partial charge in [-0.1, -0.05) is 23.2 Å². The van der Waals surface area contributed by atoms with Gasteiger partial charge in [-0.3, -0.25) is 10.1 Å². The predicted molar refractivity (Wildman–Crippen MR) is 75.0 cm³/mol. The van der Waals surface area contributed by atoms with Crippen molar-refractivity contribution in [3.8, 4) is 0 Å².